The average Bonchev–Trinajstić information content (AvgIpc) is 3.10. The Morgan fingerprint density at radius 3 is 2.61 bits per heavy atom. The number of benzene rings is 1. The second kappa shape index (κ2) is 4.28. The molecule has 0 N–H and O–H groups in total. The van der Waals surface area contributed by atoms with Crippen molar-refractivity contribution in [3.05, 3.63) is 29.3 Å². The summed E-state index contributed by atoms with van der Waals surface area (Å²) in [7, 11) is 0. The zero-order valence-electron chi connectivity index (χ0n) is 9.80. The number of carbonyl (C=O) groups excluding carboxylic acids is 2. The van der Waals surface area contributed by atoms with Gasteiger partial charge in [0.15, 0.2) is 0 Å². The molecule has 0 atom stereocenters. The lowest BCUT2D eigenvalue weighted by atomic mass is 10.3. The Kier molecular flexibility index (Phi) is 2.74. The first-order chi connectivity index (χ1) is 8.66. The number of hydrogen-bond donors (Lipinski definition) is 0. The fourth-order valence-corrected chi connectivity index (χ4v) is 2.40. The highest BCUT2D eigenvalue weighted by atomic mass is 35.5. The Morgan fingerprint density at radius 1 is 1.22 bits per heavy atom. The zero-order chi connectivity index (χ0) is 12.7. The first-order valence-electron chi connectivity index (χ1n) is 6.03. The van der Waals surface area contributed by atoms with E-state index in [0.29, 0.717) is 23.2 Å². The largest absolute Gasteiger partial charge is 0.331 e. The molecule has 94 valence electrons. The quantitative estimate of drug-likeness (QED) is 0.787. The molecule has 1 heterocycles. The maximum Gasteiger partial charge on any atom is 0.331 e. The van der Waals surface area contributed by atoms with E-state index in [1.54, 1.807) is 29.2 Å². The second-order valence-electron chi connectivity index (χ2n) is 4.79. The van der Waals surface area contributed by atoms with Crippen LogP contribution in [0.15, 0.2) is 24.3 Å². The van der Waals surface area contributed by atoms with Crippen LogP contribution in [-0.2, 0) is 4.79 Å². The predicted molar refractivity (Wildman–Crippen MR) is 68.6 cm³/mol. The molecule has 5 heteroatoms. The Labute approximate surface area is 110 Å². The third-order valence-electron chi connectivity index (χ3n) is 3.31. The van der Waals surface area contributed by atoms with Crippen LogP contribution in [0, 0.1) is 5.92 Å². The van der Waals surface area contributed by atoms with E-state index < -0.39 is 0 Å². The highest BCUT2D eigenvalue weighted by Gasteiger charge is 2.40. The van der Waals surface area contributed by atoms with Gasteiger partial charge in [0.05, 0.1) is 10.7 Å². The van der Waals surface area contributed by atoms with Crippen LogP contribution in [0.2, 0.25) is 5.02 Å². The summed E-state index contributed by atoms with van der Waals surface area (Å²) >= 11 is 6.04. The first kappa shape index (κ1) is 11.5. The summed E-state index contributed by atoms with van der Waals surface area (Å²) in [5, 5.41) is 0.424. The molecular weight excluding hydrogens is 252 g/mol. The molecule has 2 aliphatic rings. The number of hydrogen-bond acceptors (Lipinski definition) is 2. The van der Waals surface area contributed by atoms with Crippen LogP contribution in [0.5, 0.6) is 0 Å². The van der Waals surface area contributed by atoms with Crippen LogP contribution in [0.3, 0.4) is 0 Å². The van der Waals surface area contributed by atoms with Crippen LogP contribution < -0.4 is 4.90 Å². The van der Waals surface area contributed by atoms with Gasteiger partial charge in [-0.15, -0.1) is 0 Å². The number of urea groups is 1. The van der Waals surface area contributed by atoms with Gasteiger partial charge in [0, 0.05) is 6.54 Å². The van der Waals surface area contributed by atoms with Crippen LogP contribution >= 0.6 is 11.6 Å². The lowest BCUT2D eigenvalue weighted by Gasteiger charge is -2.17. The summed E-state index contributed by atoms with van der Waals surface area (Å²) in [6.45, 7) is 0.853. The van der Waals surface area contributed by atoms with Crippen molar-refractivity contribution in [2.45, 2.75) is 12.8 Å². The Bertz CT molecular complexity index is 513. The van der Waals surface area contributed by atoms with Gasteiger partial charge in [-0.3, -0.25) is 4.79 Å². The van der Waals surface area contributed by atoms with Gasteiger partial charge in [-0.2, -0.15) is 0 Å². The van der Waals surface area contributed by atoms with Crippen LogP contribution in [0.4, 0.5) is 10.5 Å². The molecule has 0 bridgehead atoms. The monoisotopic (exact) mass is 264 g/mol. The minimum Gasteiger partial charge on any atom is -0.314 e. The molecule has 1 aliphatic heterocycles. The zero-order valence-corrected chi connectivity index (χ0v) is 10.6. The van der Waals surface area contributed by atoms with Crippen LogP contribution in [-0.4, -0.2) is 29.9 Å². The lowest BCUT2D eigenvalue weighted by Crippen LogP contribution is -2.34. The molecule has 0 unspecified atom stereocenters. The van der Waals surface area contributed by atoms with Gasteiger partial charge in [-0.1, -0.05) is 23.7 Å². The van der Waals surface area contributed by atoms with E-state index in [-0.39, 0.29) is 18.5 Å². The molecule has 3 amide bonds. The van der Waals surface area contributed by atoms with Gasteiger partial charge in [0.25, 0.3) is 5.91 Å². The van der Waals surface area contributed by atoms with Gasteiger partial charge >= 0.3 is 6.03 Å². The molecule has 1 aromatic carbocycles. The lowest BCUT2D eigenvalue weighted by molar-refractivity contribution is -0.116. The SMILES string of the molecule is O=C1CN(CC2CC2)C(=O)N1c1ccccc1Cl. The summed E-state index contributed by atoms with van der Waals surface area (Å²) in [5.74, 6) is 0.377. The number of nitrogens with zero attached hydrogens (tertiary/aromatic N) is 2. The summed E-state index contributed by atoms with van der Waals surface area (Å²) in [4.78, 5) is 27.0. The van der Waals surface area contributed by atoms with E-state index >= 15 is 0 Å². The molecule has 0 spiro atoms. The second-order valence-corrected chi connectivity index (χ2v) is 5.19. The van der Waals surface area contributed by atoms with Gasteiger partial charge < -0.3 is 4.90 Å². The minimum absolute atomic E-state index is 0.167. The number of halogens is 1. The summed E-state index contributed by atoms with van der Waals surface area (Å²) < 4.78 is 0. The van der Waals surface area contributed by atoms with Crippen molar-refractivity contribution >= 4 is 29.2 Å². The molecule has 1 aromatic rings. The minimum atomic E-state index is -0.250. The van der Waals surface area contributed by atoms with Gasteiger partial charge in [0.1, 0.15) is 6.54 Å². The molecule has 2 fully saturated rings. The van der Waals surface area contributed by atoms with Crippen LogP contribution in [0.1, 0.15) is 12.8 Å². The molecule has 1 aliphatic carbocycles. The first-order valence-corrected chi connectivity index (χ1v) is 6.41. The maximum atomic E-state index is 12.2. The topological polar surface area (TPSA) is 40.6 Å². The van der Waals surface area contributed by atoms with E-state index in [4.69, 9.17) is 11.6 Å². The fourth-order valence-electron chi connectivity index (χ4n) is 2.17. The van der Waals surface area contributed by atoms with Crippen molar-refractivity contribution in [2.24, 2.45) is 5.92 Å². The number of imide groups is 1. The van der Waals surface area contributed by atoms with Crippen molar-refractivity contribution in [1.82, 2.24) is 4.90 Å². The Hall–Kier alpha value is -1.55. The number of rotatable bonds is 3. The Balaban J connectivity index is 1.86. The number of amides is 3. The van der Waals surface area contributed by atoms with E-state index in [2.05, 4.69) is 0 Å². The van der Waals surface area contributed by atoms with Crippen LogP contribution in [0.25, 0.3) is 0 Å². The summed E-state index contributed by atoms with van der Waals surface area (Å²) in [5.41, 5.74) is 0.479. The maximum absolute atomic E-state index is 12.2. The van der Waals surface area contributed by atoms with E-state index in [0.717, 1.165) is 12.8 Å². The Morgan fingerprint density at radius 2 is 1.94 bits per heavy atom. The van der Waals surface area contributed by atoms with Crippen molar-refractivity contribution in [3.8, 4) is 0 Å². The van der Waals surface area contributed by atoms with Gasteiger partial charge in [0.2, 0.25) is 0 Å². The van der Waals surface area contributed by atoms with Crippen molar-refractivity contribution in [3.63, 3.8) is 0 Å². The highest BCUT2D eigenvalue weighted by molar-refractivity contribution is 6.35. The van der Waals surface area contributed by atoms with E-state index in [1.807, 2.05) is 0 Å². The third kappa shape index (κ3) is 1.97. The number of anilines is 1. The smallest absolute Gasteiger partial charge is 0.314 e. The van der Waals surface area contributed by atoms with Gasteiger partial charge in [-0.25, -0.2) is 9.69 Å². The molecule has 1 saturated carbocycles. The number of para-hydroxylation sites is 1. The molecule has 4 nitrogen and oxygen atoms in total. The summed E-state index contributed by atoms with van der Waals surface area (Å²) in [6.07, 6.45) is 2.31. The normalized spacial score (nSPS) is 19.8. The third-order valence-corrected chi connectivity index (χ3v) is 3.63. The molecule has 0 aromatic heterocycles. The van der Waals surface area contributed by atoms with Gasteiger partial charge in [-0.05, 0) is 30.9 Å². The fraction of sp³-hybridized carbons (Fsp3) is 0.385. The van der Waals surface area contributed by atoms with E-state index in [9.17, 15) is 9.59 Å². The molecule has 0 radical (unpaired) electrons. The van der Waals surface area contributed by atoms with E-state index in [1.165, 1.54) is 4.90 Å². The van der Waals surface area contributed by atoms with Crippen molar-refractivity contribution < 1.29 is 9.59 Å². The molecule has 1 saturated heterocycles. The number of carbonyl (C=O) groups is 2. The highest BCUT2D eigenvalue weighted by Crippen LogP contribution is 2.33. The van der Waals surface area contributed by atoms with Crippen molar-refractivity contribution in [1.29, 1.82) is 0 Å². The average molecular weight is 265 g/mol. The van der Waals surface area contributed by atoms with Crippen molar-refractivity contribution in [2.75, 3.05) is 18.0 Å². The standard InChI is InChI=1S/C13H13ClN2O2/c14-10-3-1-2-4-11(10)16-12(17)8-15(13(16)18)7-9-5-6-9/h1-4,9H,5-8H2. The molecule has 18 heavy (non-hydrogen) atoms. The molecule has 3 rings (SSSR count). The summed E-state index contributed by atoms with van der Waals surface area (Å²) in [6, 6.07) is 6.67. The predicted octanol–water partition coefficient (Wildman–Crippen LogP) is 2.52. The molecular formula is C13H13ClN2O2.